The highest BCUT2D eigenvalue weighted by molar-refractivity contribution is 5.85. The van der Waals surface area contributed by atoms with Crippen LogP contribution in [0.25, 0.3) is 0 Å². The van der Waals surface area contributed by atoms with Crippen LogP contribution in [0.1, 0.15) is 30.0 Å². The van der Waals surface area contributed by atoms with Gasteiger partial charge in [0, 0.05) is 0 Å². The number of aliphatic hydroxyl groups is 1. The molecule has 1 aliphatic carbocycles. The number of aryl methyl sites for hydroxylation is 1. The van der Waals surface area contributed by atoms with Gasteiger partial charge in [0.25, 0.3) is 0 Å². The molecule has 0 unspecified atom stereocenters. The van der Waals surface area contributed by atoms with E-state index >= 15 is 0 Å². The van der Waals surface area contributed by atoms with Gasteiger partial charge in [-0.15, -0.1) is 12.4 Å². The van der Waals surface area contributed by atoms with E-state index in [4.69, 9.17) is 5.73 Å². The minimum absolute atomic E-state index is 0. The third-order valence-electron chi connectivity index (χ3n) is 3.04. The molecule has 0 aromatic heterocycles. The first-order chi connectivity index (χ1) is 7.09. The molecule has 3 N–H and O–H groups in total. The standard InChI is InChI=1S/C12H16FNO.ClH/c1-7-6-9(4-5-10(7)13)11(14)12(15)8-2-3-8;/h4-6,8,11-12,15H,2-3,14H2,1H3;1H/t11-,12+;/m0./s1. The van der Waals surface area contributed by atoms with Crippen LogP contribution in [0.4, 0.5) is 4.39 Å². The molecule has 0 bridgehead atoms. The SMILES string of the molecule is Cc1cc([C@H](N)[C@H](O)C2CC2)ccc1F.Cl. The molecular formula is C12H17ClFNO. The van der Waals surface area contributed by atoms with Gasteiger partial charge in [-0.05, 0) is 42.9 Å². The lowest BCUT2D eigenvalue weighted by Gasteiger charge is -2.19. The van der Waals surface area contributed by atoms with Crippen molar-refractivity contribution in [1.82, 2.24) is 0 Å². The summed E-state index contributed by atoms with van der Waals surface area (Å²) in [6.07, 6.45) is 1.61. The van der Waals surface area contributed by atoms with E-state index in [9.17, 15) is 9.50 Å². The Kier molecular flexibility index (Phi) is 4.30. The number of rotatable bonds is 3. The number of hydrogen-bond donors (Lipinski definition) is 2. The van der Waals surface area contributed by atoms with Crippen molar-refractivity contribution in [3.63, 3.8) is 0 Å². The minimum atomic E-state index is -0.491. The van der Waals surface area contributed by atoms with E-state index in [0.29, 0.717) is 11.5 Å². The fourth-order valence-electron chi connectivity index (χ4n) is 1.80. The Morgan fingerprint density at radius 1 is 1.44 bits per heavy atom. The van der Waals surface area contributed by atoms with Crippen LogP contribution in [0.5, 0.6) is 0 Å². The van der Waals surface area contributed by atoms with E-state index in [-0.39, 0.29) is 18.2 Å². The smallest absolute Gasteiger partial charge is 0.126 e. The zero-order valence-corrected chi connectivity index (χ0v) is 10.0. The number of benzene rings is 1. The molecule has 1 saturated carbocycles. The van der Waals surface area contributed by atoms with Gasteiger partial charge in [-0.3, -0.25) is 0 Å². The summed E-state index contributed by atoms with van der Waals surface area (Å²) in [4.78, 5) is 0. The van der Waals surface area contributed by atoms with Gasteiger partial charge < -0.3 is 10.8 Å². The lowest BCUT2D eigenvalue weighted by atomic mass is 9.97. The van der Waals surface area contributed by atoms with Crippen LogP contribution in [0, 0.1) is 18.7 Å². The maximum absolute atomic E-state index is 13.0. The molecule has 0 aliphatic heterocycles. The average molecular weight is 246 g/mol. The third kappa shape index (κ3) is 2.73. The summed E-state index contributed by atoms with van der Waals surface area (Å²) in [5.74, 6) is 0.109. The van der Waals surface area contributed by atoms with Crippen molar-refractivity contribution in [2.75, 3.05) is 0 Å². The van der Waals surface area contributed by atoms with Crippen LogP contribution >= 0.6 is 12.4 Å². The fraction of sp³-hybridized carbons (Fsp3) is 0.500. The molecule has 0 amide bonds. The molecule has 2 nitrogen and oxygen atoms in total. The molecule has 1 fully saturated rings. The average Bonchev–Trinajstić information content (AvgIpc) is 3.03. The second kappa shape index (κ2) is 5.13. The maximum Gasteiger partial charge on any atom is 0.126 e. The van der Waals surface area contributed by atoms with E-state index in [2.05, 4.69) is 0 Å². The molecule has 1 aliphatic rings. The van der Waals surface area contributed by atoms with Crippen LogP contribution < -0.4 is 5.73 Å². The Morgan fingerprint density at radius 2 is 2.06 bits per heavy atom. The van der Waals surface area contributed by atoms with Gasteiger partial charge in [-0.1, -0.05) is 12.1 Å². The first-order valence-electron chi connectivity index (χ1n) is 5.29. The fourth-order valence-corrected chi connectivity index (χ4v) is 1.80. The van der Waals surface area contributed by atoms with Crippen molar-refractivity contribution in [3.8, 4) is 0 Å². The van der Waals surface area contributed by atoms with Crippen molar-refractivity contribution < 1.29 is 9.50 Å². The Morgan fingerprint density at radius 3 is 2.56 bits per heavy atom. The topological polar surface area (TPSA) is 46.2 Å². The van der Waals surface area contributed by atoms with Gasteiger partial charge in [-0.25, -0.2) is 4.39 Å². The molecule has 0 heterocycles. The number of aliphatic hydroxyl groups excluding tert-OH is 1. The Labute approximate surface area is 101 Å². The highest BCUT2D eigenvalue weighted by Crippen LogP contribution is 2.37. The number of halogens is 2. The van der Waals surface area contributed by atoms with E-state index in [1.54, 1.807) is 19.1 Å². The second-order valence-corrected chi connectivity index (χ2v) is 4.36. The minimum Gasteiger partial charge on any atom is -0.391 e. The van der Waals surface area contributed by atoms with Crippen LogP contribution in [0.15, 0.2) is 18.2 Å². The maximum atomic E-state index is 13.0. The third-order valence-corrected chi connectivity index (χ3v) is 3.04. The summed E-state index contributed by atoms with van der Waals surface area (Å²) < 4.78 is 13.0. The zero-order chi connectivity index (χ0) is 11.0. The molecule has 2 rings (SSSR count). The highest BCUT2D eigenvalue weighted by atomic mass is 35.5. The first kappa shape index (κ1) is 13.4. The van der Waals surface area contributed by atoms with Crippen LogP contribution in [0.3, 0.4) is 0 Å². The Bertz CT molecular complexity index is 368. The Balaban J connectivity index is 0.00000128. The summed E-state index contributed by atoms with van der Waals surface area (Å²) in [5.41, 5.74) is 7.31. The molecule has 90 valence electrons. The predicted octanol–water partition coefficient (Wildman–Crippen LogP) is 2.33. The Hall–Kier alpha value is -0.640. The van der Waals surface area contributed by atoms with Crippen LogP contribution in [0.2, 0.25) is 0 Å². The van der Waals surface area contributed by atoms with E-state index in [0.717, 1.165) is 18.4 Å². The molecule has 1 aromatic carbocycles. The van der Waals surface area contributed by atoms with Crippen LogP contribution in [-0.2, 0) is 0 Å². The summed E-state index contributed by atoms with van der Waals surface area (Å²) in [6.45, 7) is 1.70. The van der Waals surface area contributed by atoms with Gasteiger partial charge in [0.15, 0.2) is 0 Å². The van der Waals surface area contributed by atoms with E-state index in [1.165, 1.54) is 6.07 Å². The lowest BCUT2D eigenvalue weighted by Crippen LogP contribution is -2.27. The summed E-state index contributed by atoms with van der Waals surface area (Å²) in [5, 5.41) is 9.85. The van der Waals surface area contributed by atoms with Crippen molar-refractivity contribution >= 4 is 12.4 Å². The molecule has 1 aromatic rings. The van der Waals surface area contributed by atoms with Gasteiger partial charge in [0.05, 0.1) is 12.1 Å². The molecule has 0 saturated heterocycles. The van der Waals surface area contributed by atoms with Crippen molar-refractivity contribution in [1.29, 1.82) is 0 Å². The van der Waals surface area contributed by atoms with E-state index in [1.807, 2.05) is 0 Å². The molecule has 16 heavy (non-hydrogen) atoms. The first-order valence-corrected chi connectivity index (χ1v) is 5.29. The lowest BCUT2D eigenvalue weighted by molar-refractivity contribution is 0.122. The molecule has 2 atom stereocenters. The summed E-state index contributed by atoms with van der Waals surface area (Å²) in [7, 11) is 0. The van der Waals surface area contributed by atoms with Crippen LogP contribution in [-0.4, -0.2) is 11.2 Å². The predicted molar refractivity (Wildman–Crippen MR) is 64.0 cm³/mol. The number of hydrogen-bond acceptors (Lipinski definition) is 2. The zero-order valence-electron chi connectivity index (χ0n) is 9.19. The van der Waals surface area contributed by atoms with Crippen molar-refractivity contribution in [2.45, 2.75) is 31.9 Å². The normalized spacial score (nSPS) is 18.8. The quantitative estimate of drug-likeness (QED) is 0.859. The summed E-state index contributed by atoms with van der Waals surface area (Å²) >= 11 is 0. The molecular weight excluding hydrogens is 229 g/mol. The molecule has 0 radical (unpaired) electrons. The molecule has 0 spiro atoms. The van der Waals surface area contributed by atoms with Gasteiger partial charge in [0.2, 0.25) is 0 Å². The van der Waals surface area contributed by atoms with Gasteiger partial charge >= 0.3 is 0 Å². The van der Waals surface area contributed by atoms with E-state index < -0.39 is 12.1 Å². The number of nitrogens with two attached hydrogens (primary N) is 1. The molecule has 4 heteroatoms. The summed E-state index contributed by atoms with van der Waals surface area (Å²) in [6, 6.07) is 4.38. The van der Waals surface area contributed by atoms with Crippen molar-refractivity contribution in [3.05, 3.63) is 35.1 Å². The highest BCUT2D eigenvalue weighted by Gasteiger charge is 2.34. The largest absolute Gasteiger partial charge is 0.391 e. The van der Waals surface area contributed by atoms with Gasteiger partial charge in [-0.2, -0.15) is 0 Å². The monoisotopic (exact) mass is 245 g/mol. The van der Waals surface area contributed by atoms with Crippen molar-refractivity contribution in [2.24, 2.45) is 11.7 Å². The van der Waals surface area contributed by atoms with Gasteiger partial charge in [0.1, 0.15) is 5.82 Å². The second-order valence-electron chi connectivity index (χ2n) is 4.36.